The summed E-state index contributed by atoms with van der Waals surface area (Å²) in [5, 5.41) is 5.61. The van der Waals surface area contributed by atoms with Crippen molar-refractivity contribution in [2.75, 3.05) is 18.5 Å². The molecule has 2 N–H and O–H groups in total. The first kappa shape index (κ1) is 21.4. The molecule has 148 valence electrons. The number of benzene rings is 2. The number of carbonyl (C=O) groups excluding carboxylic acids is 2. The first-order valence-electron chi connectivity index (χ1n) is 9.00. The molecule has 0 radical (unpaired) electrons. The van der Waals surface area contributed by atoms with Gasteiger partial charge in [-0.15, -0.1) is 0 Å². The highest BCUT2D eigenvalue weighted by atomic mass is 32.1. The van der Waals surface area contributed by atoms with Gasteiger partial charge < -0.3 is 14.8 Å². The minimum Gasteiger partial charge on any atom is -0.483 e. The summed E-state index contributed by atoms with van der Waals surface area (Å²) in [6.45, 7) is 6.05. The van der Waals surface area contributed by atoms with Gasteiger partial charge in [-0.25, -0.2) is 4.79 Å². The number of anilines is 1. The Kier molecular flexibility index (Phi) is 7.95. The molecule has 0 bridgehead atoms. The third-order valence-corrected chi connectivity index (χ3v) is 4.01. The van der Waals surface area contributed by atoms with E-state index in [1.807, 2.05) is 24.3 Å². The molecule has 0 aromatic heterocycles. The molecule has 2 aromatic rings. The molecular formula is C21H24N2O4S. The molecule has 0 saturated carbocycles. The van der Waals surface area contributed by atoms with Crippen LogP contribution in [0.15, 0.2) is 48.5 Å². The van der Waals surface area contributed by atoms with Crippen molar-refractivity contribution in [2.24, 2.45) is 0 Å². The molecule has 1 amide bonds. The van der Waals surface area contributed by atoms with Crippen molar-refractivity contribution < 1.29 is 19.1 Å². The topological polar surface area (TPSA) is 76.7 Å². The van der Waals surface area contributed by atoms with Gasteiger partial charge in [0.1, 0.15) is 5.75 Å². The van der Waals surface area contributed by atoms with Crippen LogP contribution in [0.3, 0.4) is 0 Å². The number of esters is 1. The number of nitrogens with one attached hydrogen (secondary N) is 2. The van der Waals surface area contributed by atoms with E-state index >= 15 is 0 Å². The van der Waals surface area contributed by atoms with Crippen LogP contribution < -0.4 is 15.4 Å². The van der Waals surface area contributed by atoms with Crippen LogP contribution in [0.1, 0.15) is 42.6 Å². The predicted molar refractivity (Wildman–Crippen MR) is 113 cm³/mol. The second-order valence-corrected chi connectivity index (χ2v) is 6.69. The average molecular weight is 401 g/mol. The molecule has 0 atom stereocenters. The second kappa shape index (κ2) is 10.4. The second-order valence-electron chi connectivity index (χ2n) is 6.28. The summed E-state index contributed by atoms with van der Waals surface area (Å²) >= 11 is 5.15. The van der Waals surface area contributed by atoms with Gasteiger partial charge in [0.25, 0.3) is 5.91 Å². The van der Waals surface area contributed by atoms with E-state index < -0.39 is 0 Å². The maximum atomic E-state index is 12.1. The molecule has 0 spiro atoms. The van der Waals surface area contributed by atoms with Crippen LogP contribution in [0.25, 0.3) is 0 Å². The molecule has 28 heavy (non-hydrogen) atoms. The summed E-state index contributed by atoms with van der Waals surface area (Å²) in [6.07, 6.45) is 0. The van der Waals surface area contributed by atoms with Crippen LogP contribution in [-0.4, -0.2) is 30.2 Å². The Labute approximate surface area is 170 Å². The number of hydrogen-bond donors (Lipinski definition) is 2. The molecule has 2 rings (SSSR count). The highest BCUT2D eigenvalue weighted by Gasteiger charge is 2.11. The van der Waals surface area contributed by atoms with Gasteiger partial charge in [-0.05, 0) is 61.0 Å². The van der Waals surface area contributed by atoms with Crippen molar-refractivity contribution in [1.82, 2.24) is 5.32 Å². The van der Waals surface area contributed by atoms with Gasteiger partial charge >= 0.3 is 5.97 Å². The Hall–Kier alpha value is -2.93. The zero-order chi connectivity index (χ0) is 20.5. The lowest BCUT2D eigenvalue weighted by atomic mass is 10.0. The summed E-state index contributed by atoms with van der Waals surface area (Å²) in [7, 11) is 0. The van der Waals surface area contributed by atoms with Crippen molar-refractivity contribution in [2.45, 2.75) is 26.7 Å². The third kappa shape index (κ3) is 6.35. The number of para-hydroxylation sites is 1. The normalized spacial score (nSPS) is 10.3. The molecule has 7 heteroatoms. The Morgan fingerprint density at radius 1 is 1.07 bits per heavy atom. The largest absolute Gasteiger partial charge is 0.483 e. The number of thiocarbonyl (C=S) groups is 1. The zero-order valence-corrected chi connectivity index (χ0v) is 17.0. The summed E-state index contributed by atoms with van der Waals surface area (Å²) in [4.78, 5) is 23.7. The Morgan fingerprint density at radius 3 is 2.39 bits per heavy atom. The van der Waals surface area contributed by atoms with Gasteiger partial charge in [0.2, 0.25) is 0 Å². The fraction of sp³-hybridized carbons (Fsp3) is 0.286. The maximum absolute atomic E-state index is 12.1. The van der Waals surface area contributed by atoms with Crippen LogP contribution in [0, 0.1) is 0 Å². The molecule has 0 heterocycles. The standard InChI is InChI=1S/C21H24N2O4S/c1-4-26-20(25)15-9-11-16(12-10-15)22-21(28)23-19(24)13-27-18-8-6-5-7-17(18)14(2)3/h5-12,14H,4,13H2,1-3H3,(H2,22,23,24,28). The SMILES string of the molecule is CCOC(=O)c1ccc(NC(=S)NC(=O)COc2ccccc2C(C)C)cc1. The van der Waals surface area contributed by atoms with Crippen molar-refractivity contribution >= 4 is 34.9 Å². The van der Waals surface area contributed by atoms with E-state index in [0.29, 0.717) is 29.5 Å². The van der Waals surface area contributed by atoms with Crippen LogP contribution in [0.2, 0.25) is 0 Å². The van der Waals surface area contributed by atoms with E-state index in [0.717, 1.165) is 5.56 Å². The smallest absolute Gasteiger partial charge is 0.338 e. The van der Waals surface area contributed by atoms with Gasteiger partial charge in [-0.3, -0.25) is 10.1 Å². The molecule has 0 aliphatic rings. The lowest BCUT2D eigenvalue weighted by Gasteiger charge is -2.14. The Morgan fingerprint density at radius 2 is 1.75 bits per heavy atom. The maximum Gasteiger partial charge on any atom is 0.338 e. The highest BCUT2D eigenvalue weighted by molar-refractivity contribution is 7.80. The van der Waals surface area contributed by atoms with Crippen LogP contribution in [0.5, 0.6) is 5.75 Å². The minimum atomic E-state index is -0.385. The molecular weight excluding hydrogens is 376 g/mol. The number of hydrogen-bond acceptors (Lipinski definition) is 5. The zero-order valence-electron chi connectivity index (χ0n) is 16.2. The van der Waals surface area contributed by atoms with E-state index in [2.05, 4.69) is 24.5 Å². The minimum absolute atomic E-state index is 0.145. The van der Waals surface area contributed by atoms with Gasteiger partial charge in [0.05, 0.1) is 12.2 Å². The van der Waals surface area contributed by atoms with Crippen molar-refractivity contribution in [3.8, 4) is 5.75 Å². The van der Waals surface area contributed by atoms with Crippen molar-refractivity contribution in [1.29, 1.82) is 0 Å². The van der Waals surface area contributed by atoms with E-state index in [9.17, 15) is 9.59 Å². The summed E-state index contributed by atoms with van der Waals surface area (Å²) in [5.41, 5.74) is 2.13. The van der Waals surface area contributed by atoms with Crippen LogP contribution in [0.4, 0.5) is 5.69 Å². The van der Waals surface area contributed by atoms with E-state index in [4.69, 9.17) is 21.7 Å². The van der Waals surface area contributed by atoms with E-state index in [1.54, 1.807) is 31.2 Å². The lowest BCUT2D eigenvalue weighted by molar-refractivity contribution is -0.121. The van der Waals surface area contributed by atoms with Gasteiger partial charge in [0, 0.05) is 5.69 Å². The van der Waals surface area contributed by atoms with E-state index in [-0.39, 0.29) is 23.6 Å². The number of amides is 1. The molecule has 0 aliphatic heterocycles. The number of ether oxygens (including phenoxy) is 2. The fourth-order valence-corrected chi connectivity index (χ4v) is 2.69. The Bertz CT molecular complexity index is 835. The first-order chi connectivity index (χ1) is 13.4. The van der Waals surface area contributed by atoms with Crippen LogP contribution >= 0.6 is 12.2 Å². The van der Waals surface area contributed by atoms with Crippen molar-refractivity contribution in [3.05, 3.63) is 59.7 Å². The lowest BCUT2D eigenvalue weighted by Crippen LogP contribution is -2.37. The van der Waals surface area contributed by atoms with Gasteiger partial charge in [0.15, 0.2) is 11.7 Å². The summed E-state index contributed by atoms with van der Waals surface area (Å²) in [5.74, 6) is 0.226. The molecule has 2 aromatic carbocycles. The summed E-state index contributed by atoms with van der Waals surface area (Å²) < 4.78 is 10.6. The first-order valence-corrected chi connectivity index (χ1v) is 9.41. The molecule has 0 aliphatic carbocycles. The average Bonchev–Trinajstić information content (AvgIpc) is 2.67. The van der Waals surface area contributed by atoms with Gasteiger partial charge in [-0.2, -0.15) is 0 Å². The highest BCUT2D eigenvalue weighted by Crippen LogP contribution is 2.25. The number of carbonyl (C=O) groups is 2. The molecule has 0 saturated heterocycles. The predicted octanol–water partition coefficient (Wildman–Crippen LogP) is 3.88. The number of rotatable bonds is 7. The van der Waals surface area contributed by atoms with Crippen molar-refractivity contribution in [3.63, 3.8) is 0 Å². The third-order valence-electron chi connectivity index (χ3n) is 3.81. The quantitative estimate of drug-likeness (QED) is 0.543. The molecule has 0 fully saturated rings. The van der Waals surface area contributed by atoms with Gasteiger partial charge in [-0.1, -0.05) is 32.0 Å². The summed E-state index contributed by atoms with van der Waals surface area (Å²) in [6, 6.07) is 14.2. The molecule has 6 nitrogen and oxygen atoms in total. The van der Waals surface area contributed by atoms with E-state index in [1.165, 1.54) is 0 Å². The van der Waals surface area contributed by atoms with Crippen LogP contribution in [-0.2, 0) is 9.53 Å². The monoisotopic (exact) mass is 400 g/mol. The Balaban J connectivity index is 1.84. The molecule has 0 unspecified atom stereocenters. The fourth-order valence-electron chi connectivity index (χ4n) is 2.46.